The molecule has 1 heterocycles. The molecule has 23 heavy (non-hydrogen) atoms. The Hall–Kier alpha value is -2.82. The number of nitrogens with one attached hydrogen (secondary N) is 2. The minimum atomic E-state index is -0.258. The van der Waals surface area contributed by atoms with E-state index in [9.17, 15) is 9.59 Å². The second kappa shape index (κ2) is 6.96. The molecule has 1 unspecified atom stereocenters. The molecule has 2 aromatic rings. The number of rotatable bonds is 4. The predicted octanol–water partition coefficient (Wildman–Crippen LogP) is 1.54. The molecule has 1 aliphatic heterocycles. The molecule has 1 atom stereocenters. The van der Waals surface area contributed by atoms with E-state index in [0.717, 1.165) is 17.7 Å². The van der Waals surface area contributed by atoms with Crippen molar-refractivity contribution in [1.29, 1.82) is 0 Å². The van der Waals surface area contributed by atoms with Crippen LogP contribution in [0.1, 0.15) is 15.9 Å². The molecule has 0 saturated heterocycles. The standard InChI is InChI=1S/C18H18N2O3/c21-17(11-19-18(22)13-6-2-1-3-7-13)20-15-10-14-8-4-5-9-16(14)23-12-15/h1-9,15H,10-12H2,(H,19,22)(H,20,21). The van der Waals surface area contributed by atoms with Gasteiger partial charge in [0.1, 0.15) is 12.4 Å². The van der Waals surface area contributed by atoms with E-state index >= 15 is 0 Å². The highest BCUT2D eigenvalue weighted by atomic mass is 16.5. The largest absolute Gasteiger partial charge is 0.491 e. The van der Waals surface area contributed by atoms with Crippen molar-refractivity contribution in [3.63, 3.8) is 0 Å². The van der Waals surface area contributed by atoms with Crippen molar-refractivity contribution < 1.29 is 14.3 Å². The number of amides is 2. The highest BCUT2D eigenvalue weighted by molar-refractivity contribution is 5.96. The lowest BCUT2D eigenvalue weighted by atomic mass is 10.0. The molecule has 118 valence electrons. The van der Waals surface area contributed by atoms with E-state index in [1.165, 1.54) is 0 Å². The molecular formula is C18H18N2O3. The van der Waals surface area contributed by atoms with Crippen LogP contribution in [-0.2, 0) is 11.2 Å². The second-order valence-corrected chi connectivity index (χ2v) is 5.44. The second-order valence-electron chi connectivity index (χ2n) is 5.44. The normalized spacial score (nSPS) is 15.9. The van der Waals surface area contributed by atoms with Crippen LogP contribution < -0.4 is 15.4 Å². The van der Waals surface area contributed by atoms with Crippen LogP contribution in [0.25, 0.3) is 0 Å². The summed E-state index contributed by atoms with van der Waals surface area (Å²) in [6, 6.07) is 16.5. The summed E-state index contributed by atoms with van der Waals surface area (Å²) in [5.74, 6) is 0.392. The molecule has 0 bridgehead atoms. The predicted molar refractivity (Wildman–Crippen MR) is 86.3 cm³/mol. The summed E-state index contributed by atoms with van der Waals surface area (Å²) >= 11 is 0. The zero-order chi connectivity index (χ0) is 16.1. The Morgan fingerprint density at radius 3 is 2.61 bits per heavy atom. The molecule has 0 saturated carbocycles. The first kappa shape index (κ1) is 15.1. The quantitative estimate of drug-likeness (QED) is 0.900. The van der Waals surface area contributed by atoms with Gasteiger partial charge < -0.3 is 15.4 Å². The van der Waals surface area contributed by atoms with Gasteiger partial charge >= 0.3 is 0 Å². The average Bonchev–Trinajstić information content (AvgIpc) is 2.60. The number of hydrogen-bond acceptors (Lipinski definition) is 3. The van der Waals surface area contributed by atoms with Crippen LogP contribution in [0, 0.1) is 0 Å². The van der Waals surface area contributed by atoms with Gasteiger partial charge in [0.15, 0.2) is 0 Å². The molecule has 0 radical (unpaired) electrons. The first-order chi connectivity index (χ1) is 11.2. The lowest BCUT2D eigenvalue weighted by Crippen LogP contribution is -2.46. The lowest BCUT2D eigenvalue weighted by Gasteiger charge is -2.26. The van der Waals surface area contributed by atoms with Crippen LogP contribution in [-0.4, -0.2) is 31.0 Å². The third-order valence-electron chi connectivity index (χ3n) is 3.69. The van der Waals surface area contributed by atoms with Crippen molar-refractivity contribution in [3.8, 4) is 5.75 Å². The Kier molecular flexibility index (Phi) is 4.57. The summed E-state index contributed by atoms with van der Waals surface area (Å²) in [5, 5.41) is 5.50. The number of carbonyl (C=O) groups is 2. The summed E-state index contributed by atoms with van der Waals surface area (Å²) in [6.45, 7) is 0.390. The minimum absolute atomic E-state index is 0.0497. The number of para-hydroxylation sites is 1. The first-order valence-corrected chi connectivity index (χ1v) is 7.55. The number of hydrogen-bond donors (Lipinski definition) is 2. The Bertz CT molecular complexity index is 700. The van der Waals surface area contributed by atoms with Gasteiger partial charge in [0, 0.05) is 5.56 Å². The maximum atomic E-state index is 12.0. The Morgan fingerprint density at radius 1 is 1.04 bits per heavy atom. The number of benzene rings is 2. The fourth-order valence-electron chi connectivity index (χ4n) is 2.55. The molecule has 0 fully saturated rings. The van der Waals surface area contributed by atoms with Crippen molar-refractivity contribution in [3.05, 3.63) is 65.7 Å². The molecular weight excluding hydrogens is 292 g/mol. The minimum Gasteiger partial charge on any atom is -0.491 e. The van der Waals surface area contributed by atoms with Crippen molar-refractivity contribution in [2.75, 3.05) is 13.2 Å². The van der Waals surface area contributed by atoms with Gasteiger partial charge in [-0.3, -0.25) is 9.59 Å². The Labute approximate surface area is 134 Å². The van der Waals surface area contributed by atoms with E-state index in [2.05, 4.69) is 10.6 Å². The SMILES string of the molecule is O=C(CNC(=O)c1ccccc1)NC1COc2ccccc2C1. The van der Waals surface area contributed by atoms with Crippen molar-refractivity contribution in [2.45, 2.75) is 12.5 Å². The first-order valence-electron chi connectivity index (χ1n) is 7.55. The van der Waals surface area contributed by atoms with Crippen molar-refractivity contribution >= 4 is 11.8 Å². The average molecular weight is 310 g/mol. The molecule has 0 aliphatic carbocycles. The van der Waals surface area contributed by atoms with Gasteiger partial charge in [-0.1, -0.05) is 36.4 Å². The van der Waals surface area contributed by atoms with Gasteiger partial charge in [-0.25, -0.2) is 0 Å². The Balaban J connectivity index is 1.48. The topological polar surface area (TPSA) is 67.4 Å². The third kappa shape index (κ3) is 3.88. The molecule has 0 spiro atoms. The van der Waals surface area contributed by atoms with Crippen LogP contribution in [0.15, 0.2) is 54.6 Å². The summed E-state index contributed by atoms with van der Waals surface area (Å²) in [4.78, 5) is 23.9. The molecule has 2 N–H and O–H groups in total. The third-order valence-corrected chi connectivity index (χ3v) is 3.69. The number of ether oxygens (including phenoxy) is 1. The van der Waals surface area contributed by atoms with Gasteiger partial charge in [-0.15, -0.1) is 0 Å². The maximum Gasteiger partial charge on any atom is 0.251 e. The molecule has 5 heteroatoms. The van der Waals surface area contributed by atoms with Crippen LogP contribution >= 0.6 is 0 Å². The fraction of sp³-hybridized carbons (Fsp3) is 0.222. The highest BCUT2D eigenvalue weighted by Gasteiger charge is 2.21. The summed E-state index contributed by atoms with van der Waals surface area (Å²) < 4.78 is 5.63. The van der Waals surface area contributed by atoms with Gasteiger partial charge in [-0.2, -0.15) is 0 Å². The summed E-state index contributed by atoms with van der Waals surface area (Å²) in [7, 11) is 0. The van der Waals surface area contributed by atoms with E-state index < -0.39 is 0 Å². The van der Waals surface area contributed by atoms with Crippen LogP contribution in [0.5, 0.6) is 5.75 Å². The van der Waals surface area contributed by atoms with E-state index in [-0.39, 0.29) is 24.4 Å². The van der Waals surface area contributed by atoms with Crippen molar-refractivity contribution in [1.82, 2.24) is 10.6 Å². The number of carbonyl (C=O) groups excluding carboxylic acids is 2. The summed E-state index contributed by atoms with van der Waals surface area (Å²) in [6.07, 6.45) is 0.731. The van der Waals surface area contributed by atoms with E-state index in [1.807, 2.05) is 30.3 Å². The molecule has 2 amide bonds. The highest BCUT2D eigenvalue weighted by Crippen LogP contribution is 2.23. The van der Waals surface area contributed by atoms with Crippen molar-refractivity contribution in [2.24, 2.45) is 0 Å². The molecule has 5 nitrogen and oxygen atoms in total. The van der Waals surface area contributed by atoms with Crippen LogP contribution in [0.3, 0.4) is 0 Å². The molecule has 0 aromatic heterocycles. The summed E-state index contributed by atoms with van der Waals surface area (Å²) in [5.41, 5.74) is 1.62. The molecule has 2 aromatic carbocycles. The zero-order valence-corrected chi connectivity index (χ0v) is 12.6. The van der Waals surface area contributed by atoms with Gasteiger partial charge in [0.05, 0.1) is 12.6 Å². The number of fused-ring (bicyclic) bond motifs is 1. The molecule has 1 aliphatic rings. The maximum absolute atomic E-state index is 12.0. The smallest absolute Gasteiger partial charge is 0.251 e. The lowest BCUT2D eigenvalue weighted by molar-refractivity contribution is -0.121. The van der Waals surface area contributed by atoms with Gasteiger partial charge in [0.2, 0.25) is 5.91 Å². The van der Waals surface area contributed by atoms with E-state index in [1.54, 1.807) is 24.3 Å². The Morgan fingerprint density at radius 2 is 1.78 bits per heavy atom. The monoisotopic (exact) mass is 310 g/mol. The molecule has 3 rings (SSSR count). The zero-order valence-electron chi connectivity index (χ0n) is 12.6. The van der Waals surface area contributed by atoms with Gasteiger partial charge in [0.25, 0.3) is 5.91 Å². The van der Waals surface area contributed by atoms with Crippen LogP contribution in [0.2, 0.25) is 0 Å². The van der Waals surface area contributed by atoms with Gasteiger partial charge in [-0.05, 0) is 30.2 Å². The van der Waals surface area contributed by atoms with E-state index in [4.69, 9.17) is 4.74 Å². The van der Waals surface area contributed by atoms with E-state index in [0.29, 0.717) is 12.2 Å². The fourth-order valence-corrected chi connectivity index (χ4v) is 2.55. The van der Waals surface area contributed by atoms with Crippen LogP contribution in [0.4, 0.5) is 0 Å².